The number of hydrogen-bond acceptors (Lipinski definition) is 5. The van der Waals surface area contributed by atoms with Crippen LogP contribution in [0.1, 0.15) is 24.0 Å². The van der Waals surface area contributed by atoms with Crippen molar-refractivity contribution in [2.45, 2.75) is 31.7 Å². The number of phenolic OH excluding ortho intramolecular Hbond substituents is 1. The minimum Gasteiger partial charge on any atom is -0.508 e. The summed E-state index contributed by atoms with van der Waals surface area (Å²) < 4.78 is 0. The second-order valence-electron chi connectivity index (χ2n) is 7.74. The van der Waals surface area contributed by atoms with Gasteiger partial charge in [-0.25, -0.2) is 0 Å². The third-order valence-electron chi connectivity index (χ3n) is 4.94. The first-order valence-corrected chi connectivity index (χ1v) is 10.7. The Balaban J connectivity index is 1.92. The van der Waals surface area contributed by atoms with E-state index >= 15 is 0 Å². The zero-order chi connectivity index (χ0) is 24.2. The third kappa shape index (κ3) is 9.42. The van der Waals surface area contributed by atoms with E-state index in [1.807, 2.05) is 30.3 Å². The Morgan fingerprint density at radius 3 is 2.24 bits per heavy atom. The number of nitrogens with one attached hydrogen (secondary N) is 2. The highest BCUT2D eigenvalue weighted by Crippen LogP contribution is 2.10. The Labute approximate surface area is 193 Å². The van der Waals surface area contributed by atoms with Gasteiger partial charge in [-0.1, -0.05) is 42.5 Å². The molecule has 0 aliphatic heterocycles. The van der Waals surface area contributed by atoms with Crippen LogP contribution in [-0.2, 0) is 32.0 Å². The molecule has 0 radical (unpaired) electrons. The van der Waals surface area contributed by atoms with Crippen molar-refractivity contribution >= 4 is 23.6 Å². The van der Waals surface area contributed by atoms with Crippen molar-refractivity contribution < 1.29 is 24.3 Å². The summed E-state index contributed by atoms with van der Waals surface area (Å²) in [6.07, 6.45) is 0.595. The molecule has 9 nitrogen and oxygen atoms in total. The van der Waals surface area contributed by atoms with Crippen molar-refractivity contribution in [2.75, 3.05) is 20.1 Å². The van der Waals surface area contributed by atoms with E-state index in [9.17, 15) is 24.3 Å². The highest BCUT2D eigenvalue weighted by atomic mass is 16.3. The van der Waals surface area contributed by atoms with Gasteiger partial charge in [-0.05, 0) is 29.7 Å². The molecule has 0 saturated heterocycles. The first-order chi connectivity index (χ1) is 15.7. The molecule has 9 heteroatoms. The molecule has 0 aromatic heterocycles. The zero-order valence-corrected chi connectivity index (χ0v) is 18.6. The summed E-state index contributed by atoms with van der Waals surface area (Å²) in [5, 5.41) is 14.7. The number of carbonyl (C=O) groups excluding carboxylic acids is 4. The SMILES string of the molecule is CN(CC(=O)NCCc1ccc(O)cc1)C(=O)[C@@H](Cc1ccccc1)NC(=O)CCC(N)=O. The van der Waals surface area contributed by atoms with E-state index in [1.165, 1.54) is 11.9 Å². The maximum atomic E-state index is 13.0. The van der Waals surface area contributed by atoms with E-state index in [4.69, 9.17) is 5.73 Å². The van der Waals surface area contributed by atoms with Crippen LogP contribution < -0.4 is 16.4 Å². The van der Waals surface area contributed by atoms with Gasteiger partial charge in [-0.3, -0.25) is 19.2 Å². The molecule has 0 bridgehead atoms. The van der Waals surface area contributed by atoms with Crippen molar-refractivity contribution in [1.82, 2.24) is 15.5 Å². The number of primary amides is 1. The van der Waals surface area contributed by atoms with Gasteiger partial charge in [0.25, 0.3) is 0 Å². The number of aromatic hydroxyl groups is 1. The summed E-state index contributed by atoms with van der Waals surface area (Å²) in [5.41, 5.74) is 6.89. The lowest BCUT2D eigenvalue weighted by Gasteiger charge is -2.24. The predicted octanol–water partition coefficient (Wildman–Crippen LogP) is 0.502. The van der Waals surface area contributed by atoms with Crippen LogP contribution in [0.15, 0.2) is 54.6 Å². The zero-order valence-electron chi connectivity index (χ0n) is 18.6. The van der Waals surface area contributed by atoms with E-state index in [2.05, 4.69) is 10.6 Å². The molecule has 176 valence electrons. The second kappa shape index (κ2) is 12.8. The van der Waals surface area contributed by atoms with E-state index in [0.717, 1.165) is 11.1 Å². The molecule has 0 unspecified atom stereocenters. The van der Waals surface area contributed by atoms with Crippen LogP contribution in [0.4, 0.5) is 0 Å². The number of nitrogens with zero attached hydrogens (tertiary/aromatic N) is 1. The summed E-state index contributed by atoms with van der Waals surface area (Å²) in [6, 6.07) is 15.0. The predicted molar refractivity (Wildman–Crippen MR) is 123 cm³/mol. The number of amides is 4. The summed E-state index contributed by atoms with van der Waals surface area (Å²) in [7, 11) is 1.50. The number of rotatable bonds is 12. The average Bonchev–Trinajstić information content (AvgIpc) is 2.78. The molecule has 1 atom stereocenters. The summed E-state index contributed by atoms with van der Waals surface area (Å²) in [4.78, 5) is 49.7. The lowest BCUT2D eigenvalue weighted by molar-refractivity contribution is -0.138. The van der Waals surface area contributed by atoms with E-state index in [-0.39, 0.29) is 37.5 Å². The molecule has 2 aromatic carbocycles. The van der Waals surface area contributed by atoms with Crippen LogP contribution in [0.3, 0.4) is 0 Å². The van der Waals surface area contributed by atoms with Gasteiger partial charge in [0.15, 0.2) is 0 Å². The van der Waals surface area contributed by atoms with Crippen molar-refractivity contribution in [1.29, 1.82) is 0 Å². The maximum Gasteiger partial charge on any atom is 0.245 e. The molecule has 33 heavy (non-hydrogen) atoms. The lowest BCUT2D eigenvalue weighted by Crippen LogP contribution is -2.50. The molecule has 0 spiro atoms. The van der Waals surface area contributed by atoms with Gasteiger partial charge in [-0.2, -0.15) is 0 Å². The van der Waals surface area contributed by atoms with E-state index < -0.39 is 23.8 Å². The molecule has 0 heterocycles. The normalized spacial score (nSPS) is 11.3. The summed E-state index contributed by atoms with van der Waals surface area (Å²) in [6.45, 7) is 0.208. The van der Waals surface area contributed by atoms with Crippen LogP contribution in [0.25, 0.3) is 0 Å². The molecule has 0 aliphatic carbocycles. The topological polar surface area (TPSA) is 142 Å². The molecule has 5 N–H and O–H groups in total. The van der Waals surface area contributed by atoms with Crippen molar-refractivity contribution in [2.24, 2.45) is 5.73 Å². The third-order valence-corrected chi connectivity index (χ3v) is 4.94. The van der Waals surface area contributed by atoms with Gasteiger partial charge in [0.05, 0.1) is 6.54 Å². The Morgan fingerprint density at radius 1 is 0.939 bits per heavy atom. The van der Waals surface area contributed by atoms with Gasteiger partial charge >= 0.3 is 0 Å². The molecule has 2 rings (SSSR count). The van der Waals surface area contributed by atoms with Crippen LogP contribution in [0.5, 0.6) is 5.75 Å². The largest absolute Gasteiger partial charge is 0.508 e. The van der Waals surface area contributed by atoms with E-state index in [1.54, 1.807) is 24.3 Å². The van der Waals surface area contributed by atoms with Crippen molar-refractivity contribution in [3.63, 3.8) is 0 Å². The Morgan fingerprint density at radius 2 is 1.61 bits per heavy atom. The van der Waals surface area contributed by atoms with Crippen LogP contribution in [-0.4, -0.2) is 59.8 Å². The van der Waals surface area contributed by atoms with E-state index in [0.29, 0.717) is 13.0 Å². The molecular weight excluding hydrogens is 424 g/mol. The van der Waals surface area contributed by atoms with Gasteiger partial charge in [0.2, 0.25) is 23.6 Å². The first-order valence-electron chi connectivity index (χ1n) is 10.7. The summed E-state index contributed by atoms with van der Waals surface area (Å²) >= 11 is 0. The second-order valence-corrected chi connectivity index (χ2v) is 7.74. The quantitative estimate of drug-likeness (QED) is 0.370. The molecule has 4 amide bonds. The highest BCUT2D eigenvalue weighted by molar-refractivity contribution is 5.91. The standard InChI is InChI=1S/C24H30N4O5/c1-28(16-23(32)26-14-13-17-7-9-19(29)10-8-17)24(33)20(15-18-5-3-2-4-6-18)27-22(31)12-11-21(25)30/h2-10,20,29H,11-16H2,1H3,(H2,25,30)(H,26,32)(H,27,31)/t20-/m1/s1. The number of phenols is 1. The van der Waals surface area contributed by atoms with Crippen molar-refractivity contribution in [3.8, 4) is 5.75 Å². The Hall–Kier alpha value is -3.88. The smallest absolute Gasteiger partial charge is 0.245 e. The average molecular weight is 455 g/mol. The Bertz CT molecular complexity index is 947. The van der Waals surface area contributed by atoms with Crippen LogP contribution in [0.2, 0.25) is 0 Å². The van der Waals surface area contributed by atoms with Gasteiger partial charge in [0.1, 0.15) is 11.8 Å². The molecule has 0 fully saturated rings. The molecule has 0 saturated carbocycles. The lowest BCUT2D eigenvalue weighted by atomic mass is 10.0. The minimum atomic E-state index is -0.887. The minimum absolute atomic E-state index is 0.114. The molecular formula is C24H30N4O5. The number of hydrogen-bond donors (Lipinski definition) is 4. The van der Waals surface area contributed by atoms with Gasteiger partial charge in [-0.15, -0.1) is 0 Å². The maximum absolute atomic E-state index is 13.0. The van der Waals surface area contributed by atoms with Crippen LogP contribution >= 0.6 is 0 Å². The molecule has 0 aliphatic rings. The first kappa shape index (κ1) is 25.4. The highest BCUT2D eigenvalue weighted by Gasteiger charge is 2.25. The van der Waals surface area contributed by atoms with Gasteiger partial charge < -0.3 is 26.4 Å². The number of nitrogens with two attached hydrogens (primary N) is 1. The van der Waals surface area contributed by atoms with Crippen molar-refractivity contribution in [3.05, 3.63) is 65.7 Å². The molecule has 2 aromatic rings. The fraction of sp³-hybridized carbons (Fsp3) is 0.333. The number of likely N-dealkylation sites (N-methyl/N-ethyl adjacent to an activating group) is 1. The number of carbonyl (C=O) groups is 4. The number of benzene rings is 2. The van der Waals surface area contributed by atoms with Crippen LogP contribution in [0, 0.1) is 0 Å². The fourth-order valence-electron chi connectivity index (χ4n) is 3.18. The summed E-state index contributed by atoms with van der Waals surface area (Å²) in [5.74, 6) is -1.63. The Kier molecular flexibility index (Phi) is 9.88. The monoisotopic (exact) mass is 454 g/mol. The fourth-order valence-corrected chi connectivity index (χ4v) is 3.18. The van der Waals surface area contributed by atoms with Gasteiger partial charge in [0, 0.05) is 32.9 Å².